The summed E-state index contributed by atoms with van der Waals surface area (Å²) in [6.45, 7) is 0. The summed E-state index contributed by atoms with van der Waals surface area (Å²) in [5.41, 5.74) is 1.82. The van der Waals surface area contributed by atoms with Gasteiger partial charge in [-0.1, -0.05) is 30.0 Å². The molecule has 0 bridgehead atoms. The van der Waals surface area contributed by atoms with Crippen LogP contribution >= 0.6 is 11.8 Å². The van der Waals surface area contributed by atoms with Gasteiger partial charge in [0.2, 0.25) is 5.91 Å². The molecule has 0 saturated carbocycles. The number of benzene rings is 2. The van der Waals surface area contributed by atoms with Gasteiger partial charge in [0.25, 0.3) is 5.91 Å². The Labute approximate surface area is 166 Å². The Morgan fingerprint density at radius 1 is 1.18 bits per heavy atom. The molecule has 0 aliphatic heterocycles. The van der Waals surface area contributed by atoms with Crippen LogP contribution in [0.15, 0.2) is 60.0 Å². The van der Waals surface area contributed by atoms with Gasteiger partial charge in [-0.15, -0.1) is 10.2 Å². The molecule has 0 atom stereocenters. The van der Waals surface area contributed by atoms with Gasteiger partial charge in [-0.25, -0.2) is 0 Å². The number of nitrogens with zero attached hydrogens (tertiary/aromatic N) is 3. The zero-order chi connectivity index (χ0) is 19.9. The maximum atomic E-state index is 12.3. The van der Waals surface area contributed by atoms with E-state index in [1.165, 1.54) is 11.8 Å². The second kappa shape index (κ2) is 9.05. The molecular weight excluding hydrogens is 378 g/mol. The highest BCUT2D eigenvalue weighted by molar-refractivity contribution is 7.99. The van der Waals surface area contributed by atoms with Crippen LogP contribution in [0.5, 0.6) is 5.75 Å². The van der Waals surface area contributed by atoms with Crippen LogP contribution in [0.2, 0.25) is 0 Å². The summed E-state index contributed by atoms with van der Waals surface area (Å²) in [5.74, 6) is 0.390. The molecule has 28 heavy (non-hydrogen) atoms. The summed E-state index contributed by atoms with van der Waals surface area (Å²) in [7, 11) is 3.15. The van der Waals surface area contributed by atoms with Crippen molar-refractivity contribution in [2.45, 2.75) is 5.16 Å². The lowest BCUT2D eigenvalue weighted by atomic mass is 10.2. The van der Waals surface area contributed by atoms with Crippen molar-refractivity contribution < 1.29 is 14.3 Å². The van der Waals surface area contributed by atoms with E-state index in [2.05, 4.69) is 20.8 Å². The molecule has 0 unspecified atom stereocenters. The number of aromatic nitrogens is 3. The van der Waals surface area contributed by atoms with Crippen molar-refractivity contribution in [3.05, 3.63) is 60.4 Å². The first-order valence-electron chi connectivity index (χ1n) is 8.40. The number of methoxy groups -OCH3 is 1. The van der Waals surface area contributed by atoms with Gasteiger partial charge >= 0.3 is 0 Å². The second-order valence-corrected chi connectivity index (χ2v) is 6.59. The molecule has 2 amide bonds. The lowest BCUT2D eigenvalue weighted by Gasteiger charge is -2.11. The largest absolute Gasteiger partial charge is 0.495 e. The fourth-order valence-electron chi connectivity index (χ4n) is 2.53. The molecule has 0 spiro atoms. The van der Waals surface area contributed by atoms with E-state index in [0.717, 1.165) is 5.69 Å². The highest BCUT2D eigenvalue weighted by Crippen LogP contribution is 2.26. The van der Waals surface area contributed by atoms with Gasteiger partial charge < -0.3 is 15.4 Å². The highest BCUT2D eigenvalue weighted by atomic mass is 32.2. The third kappa shape index (κ3) is 4.49. The molecule has 0 aliphatic rings. The standard InChI is InChI=1S/C19H19N5O3S/c1-20-18(26)13-6-5-7-14(10-13)22-17(25)11-28-19-23-21-12-24(19)15-8-3-4-9-16(15)27-2/h3-10,12H,11H2,1-2H3,(H,20,26)(H,22,25). The van der Waals surface area contributed by atoms with Crippen LogP contribution in [-0.2, 0) is 4.79 Å². The Bertz CT molecular complexity index is 989. The van der Waals surface area contributed by atoms with Crippen LogP contribution in [0, 0.1) is 0 Å². The molecule has 1 heterocycles. The Balaban J connectivity index is 1.67. The van der Waals surface area contributed by atoms with Crippen molar-refractivity contribution in [3.8, 4) is 11.4 Å². The van der Waals surface area contributed by atoms with E-state index in [4.69, 9.17) is 4.74 Å². The van der Waals surface area contributed by atoms with Crippen LogP contribution in [-0.4, -0.2) is 46.5 Å². The molecule has 144 valence electrons. The summed E-state index contributed by atoms with van der Waals surface area (Å²) in [5, 5.41) is 13.9. The first kappa shape index (κ1) is 19.4. The third-order valence-electron chi connectivity index (χ3n) is 3.83. The lowest BCUT2D eigenvalue weighted by Crippen LogP contribution is -2.19. The second-order valence-electron chi connectivity index (χ2n) is 5.65. The van der Waals surface area contributed by atoms with Gasteiger partial charge in [-0.2, -0.15) is 0 Å². The van der Waals surface area contributed by atoms with Gasteiger partial charge in [0.15, 0.2) is 5.16 Å². The maximum absolute atomic E-state index is 12.3. The first-order chi connectivity index (χ1) is 13.6. The van der Waals surface area contributed by atoms with E-state index in [1.807, 2.05) is 24.3 Å². The molecular formula is C19H19N5O3S. The number of para-hydroxylation sites is 2. The van der Waals surface area contributed by atoms with E-state index in [9.17, 15) is 9.59 Å². The average Bonchev–Trinajstić information content (AvgIpc) is 3.20. The van der Waals surface area contributed by atoms with E-state index in [0.29, 0.717) is 22.2 Å². The fourth-order valence-corrected chi connectivity index (χ4v) is 3.25. The van der Waals surface area contributed by atoms with E-state index < -0.39 is 0 Å². The van der Waals surface area contributed by atoms with Crippen molar-refractivity contribution in [2.24, 2.45) is 0 Å². The average molecular weight is 397 g/mol. The Morgan fingerprint density at radius 3 is 2.79 bits per heavy atom. The minimum absolute atomic E-state index is 0.137. The number of nitrogens with one attached hydrogen (secondary N) is 2. The number of carbonyl (C=O) groups is 2. The third-order valence-corrected chi connectivity index (χ3v) is 4.77. The Hall–Kier alpha value is -3.33. The summed E-state index contributed by atoms with van der Waals surface area (Å²) in [4.78, 5) is 24.0. The molecule has 0 fully saturated rings. The summed E-state index contributed by atoms with van der Waals surface area (Å²) < 4.78 is 7.14. The molecule has 3 aromatic rings. The fraction of sp³-hybridized carbons (Fsp3) is 0.158. The Morgan fingerprint density at radius 2 is 2.00 bits per heavy atom. The highest BCUT2D eigenvalue weighted by Gasteiger charge is 2.13. The molecule has 8 nitrogen and oxygen atoms in total. The molecule has 1 aromatic heterocycles. The van der Waals surface area contributed by atoms with Crippen LogP contribution in [0.1, 0.15) is 10.4 Å². The van der Waals surface area contributed by atoms with Crippen LogP contribution in [0.25, 0.3) is 5.69 Å². The number of hydrogen-bond donors (Lipinski definition) is 2. The number of thioether (sulfide) groups is 1. The van der Waals surface area contributed by atoms with Crippen molar-refractivity contribution in [2.75, 3.05) is 25.2 Å². The van der Waals surface area contributed by atoms with Crippen LogP contribution in [0.4, 0.5) is 5.69 Å². The summed E-state index contributed by atoms with van der Waals surface area (Å²) in [6, 6.07) is 14.2. The molecule has 0 radical (unpaired) electrons. The molecule has 9 heteroatoms. The monoisotopic (exact) mass is 397 g/mol. The molecule has 2 aromatic carbocycles. The number of amides is 2. The SMILES string of the molecule is CNC(=O)c1cccc(NC(=O)CSc2nncn2-c2ccccc2OC)c1. The van der Waals surface area contributed by atoms with Crippen LogP contribution < -0.4 is 15.4 Å². The van der Waals surface area contributed by atoms with Gasteiger partial charge in [0.05, 0.1) is 18.6 Å². The number of carbonyl (C=O) groups excluding carboxylic acids is 2. The minimum atomic E-state index is -0.214. The zero-order valence-electron chi connectivity index (χ0n) is 15.4. The van der Waals surface area contributed by atoms with Crippen molar-refractivity contribution in [3.63, 3.8) is 0 Å². The van der Waals surface area contributed by atoms with Gasteiger partial charge in [0.1, 0.15) is 12.1 Å². The van der Waals surface area contributed by atoms with Crippen molar-refractivity contribution >= 4 is 29.3 Å². The number of hydrogen-bond acceptors (Lipinski definition) is 6. The molecule has 0 aliphatic carbocycles. The molecule has 0 saturated heterocycles. The van der Waals surface area contributed by atoms with Crippen molar-refractivity contribution in [1.29, 1.82) is 0 Å². The summed E-state index contributed by atoms with van der Waals surface area (Å²) >= 11 is 1.25. The van der Waals surface area contributed by atoms with Crippen LogP contribution in [0.3, 0.4) is 0 Å². The number of rotatable bonds is 7. The zero-order valence-corrected chi connectivity index (χ0v) is 16.2. The molecule has 3 rings (SSSR count). The van der Waals surface area contributed by atoms with Gasteiger partial charge in [0, 0.05) is 18.3 Å². The first-order valence-corrected chi connectivity index (χ1v) is 9.39. The van der Waals surface area contributed by atoms with Gasteiger partial charge in [-0.05, 0) is 30.3 Å². The number of anilines is 1. The predicted octanol–water partition coefficient (Wildman–Crippen LogP) is 2.37. The lowest BCUT2D eigenvalue weighted by molar-refractivity contribution is -0.113. The quantitative estimate of drug-likeness (QED) is 0.594. The topological polar surface area (TPSA) is 98.1 Å². The normalized spacial score (nSPS) is 10.4. The van der Waals surface area contributed by atoms with E-state index in [-0.39, 0.29) is 17.6 Å². The number of ether oxygens (including phenoxy) is 1. The van der Waals surface area contributed by atoms with Crippen molar-refractivity contribution in [1.82, 2.24) is 20.1 Å². The summed E-state index contributed by atoms with van der Waals surface area (Å²) in [6.07, 6.45) is 1.57. The minimum Gasteiger partial charge on any atom is -0.495 e. The maximum Gasteiger partial charge on any atom is 0.251 e. The van der Waals surface area contributed by atoms with Gasteiger partial charge in [-0.3, -0.25) is 14.2 Å². The smallest absolute Gasteiger partial charge is 0.251 e. The Kier molecular flexibility index (Phi) is 6.28. The predicted molar refractivity (Wildman–Crippen MR) is 107 cm³/mol. The van der Waals surface area contributed by atoms with E-state index in [1.54, 1.807) is 49.3 Å². The molecule has 2 N–H and O–H groups in total. The van der Waals surface area contributed by atoms with E-state index >= 15 is 0 Å².